The Bertz CT molecular complexity index is 615. The van der Waals surface area contributed by atoms with Crippen molar-refractivity contribution >= 4 is 27.5 Å². The third-order valence-corrected chi connectivity index (χ3v) is 4.55. The van der Waals surface area contributed by atoms with Crippen LogP contribution in [0.4, 0.5) is 4.39 Å². The summed E-state index contributed by atoms with van der Waals surface area (Å²) in [6, 6.07) is 10.6. The van der Waals surface area contributed by atoms with Crippen molar-refractivity contribution in [3.05, 3.63) is 68.4 Å². The van der Waals surface area contributed by atoms with Crippen molar-refractivity contribution in [2.24, 2.45) is 0 Å². The van der Waals surface area contributed by atoms with Crippen LogP contribution < -0.4 is 5.32 Å². The highest BCUT2D eigenvalue weighted by atomic mass is 79.9. The van der Waals surface area contributed by atoms with Crippen LogP contribution in [0, 0.1) is 12.7 Å². The van der Waals surface area contributed by atoms with E-state index in [0.29, 0.717) is 5.02 Å². The first-order valence-electron chi connectivity index (χ1n) is 6.48. The number of hydrogen-bond donors (Lipinski definition) is 1. The number of hydrogen-bond acceptors (Lipinski definition) is 1. The molecule has 0 fully saturated rings. The first kappa shape index (κ1) is 15.5. The molecule has 2 aromatic rings. The molecule has 106 valence electrons. The zero-order valence-electron chi connectivity index (χ0n) is 11.4. The van der Waals surface area contributed by atoms with Crippen LogP contribution in [0.15, 0.2) is 40.9 Å². The SMILES string of the molecule is CCNC(c1ccc(F)cc1C)c1cccc(Br)c1Cl. The van der Waals surface area contributed by atoms with Crippen molar-refractivity contribution in [2.75, 3.05) is 6.54 Å². The number of rotatable bonds is 4. The molecule has 0 aromatic heterocycles. The summed E-state index contributed by atoms with van der Waals surface area (Å²) in [4.78, 5) is 0. The van der Waals surface area contributed by atoms with E-state index in [1.807, 2.05) is 38.1 Å². The Labute approximate surface area is 132 Å². The van der Waals surface area contributed by atoms with Gasteiger partial charge in [0.05, 0.1) is 11.1 Å². The Balaban J connectivity index is 2.53. The number of aryl methyl sites for hydroxylation is 1. The van der Waals surface area contributed by atoms with Crippen molar-refractivity contribution in [1.82, 2.24) is 5.32 Å². The fourth-order valence-corrected chi connectivity index (χ4v) is 2.91. The van der Waals surface area contributed by atoms with Crippen LogP contribution in [0.3, 0.4) is 0 Å². The van der Waals surface area contributed by atoms with Gasteiger partial charge < -0.3 is 5.32 Å². The summed E-state index contributed by atoms with van der Waals surface area (Å²) in [6.45, 7) is 4.75. The quantitative estimate of drug-likeness (QED) is 0.789. The van der Waals surface area contributed by atoms with Gasteiger partial charge in [-0.05, 0) is 64.3 Å². The van der Waals surface area contributed by atoms with Gasteiger partial charge in [0, 0.05) is 4.47 Å². The Morgan fingerprint density at radius 1 is 1.25 bits per heavy atom. The second-order valence-electron chi connectivity index (χ2n) is 4.63. The highest BCUT2D eigenvalue weighted by Crippen LogP contribution is 2.34. The molecule has 0 saturated carbocycles. The minimum absolute atomic E-state index is 0.0504. The smallest absolute Gasteiger partial charge is 0.123 e. The van der Waals surface area contributed by atoms with Crippen LogP contribution in [-0.2, 0) is 0 Å². The van der Waals surface area contributed by atoms with Gasteiger partial charge in [-0.15, -0.1) is 0 Å². The lowest BCUT2D eigenvalue weighted by molar-refractivity contribution is 0.610. The lowest BCUT2D eigenvalue weighted by Crippen LogP contribution is -2.23. The van der Waals surface area contributed by atoms with Crippen LogP contribution in [0.2, 0.25) is 5.02 Å². The van der Waals surface area contributed by atoms with Gasteiger partial charge in [0.25, 0.3) is 0 Å². The standard InChI is InChI=1S/C16H16BrClFN/c1-3-20-16(12-8-7-11(19)9-10(12)2)13-5-4-6-14(17)15(13)18/h4-9,16,20H,3H2,1-2H3. The summed E-state index contributed by atoms with van der Waals surface area (Å²) in [6.07, 6.45) is 0. The van der Waals surface area contributed by atoms with E-state index in [1.165, 1.54) is 6.07 Å². The summed E-state index contributed by atoms with van der Waals surface area (Å²) in [5.74, 6) is -0.221. The average Bonchev–Trinajstić information content (AvgIpc) is 2.40. The minimum Gasteiger partial charge on any atom is -0.306 e. The molecule has 2 rings (SSSR count). The topological polar surface area (TPSA) is 12.0 Å². The van der Waals surface area contributed by atoms with Crippen LogP contribution >= 0.6 is 27.5 Å². The number of halogens is 3. The summed E-state index contributed by atoms with van der Waals surface area (Å²) >= 11 is 9.84. The monoisotopic (exact) mass is 355 g/mol. The molecule has 0 radical (unpaired) electrons. The van der Waals surface area contributed by atoms with Gasteiger partial charge in [0.15, 0.2) is 0 Å². The van der Waals surface area contributed by atoms with Crippen LogP contribution in [-0.4, -0.2) is 6.54 Å². The van der Waals surface area contributed by atoms with Crippen LogP contribution in [0.5, 0.6) is 0 Å². The van der Waals surface area contributed by atoms with Crippen LogP contribution in [0.25, 0.3) is 0 Å². The highest BCUT2D eigenvalue weighted by Gasteiger charge is 2.19. The molecule has 0 aliphatic heterocycles. The third kappa shape index (κ3) is 3.22. The van der Waals surface area contributed by atoms with Gasteiger partial charge in [-0.3, -0.25) is 0 Å². The van der Waals surface area contributed by atoms with E-state index in [9.17, 15) is 4.39 Å². The second kappa shape index (κ2) is 6.70. The molecular weight excluding hydrogens is 341 g/mol. The van der Waals surface area contributed by atoms with Crippen molar-refractivity contribution in [3.63, 3.8) is 0 Å². The van der Waals surface area contributed by atoms with Crippen molar-refractivity contribution in [2.45, 2.75) is 19.9 Å². The predicted octanol–water partition coefficient (Wildman–Crippen LogP) is 5.25. The lowest BCUT2D eigenvalue weighted by atomic mass is 9.95. The summed E-state index contributed by atoms with van der Waals surface area (Å²) in [5.41, 5.74) is 2.93. The number of benzene rings is 2. The molecular formula is C16H16BrClFN. The summed E-state index contributed by atoms with van der Waals surface area (Å²) in [7, 11) is 0. The zero-order valence-corrected chi connectivity index (χ0v) is 13.7. The highest BCUT2D eigenvalue weighted by molar-refractivity contribution is 9.10. The molecule has 1 atom stereocenters. The summed E-state index contributed by atoms with van der Waals surface area (Å²) in [5, 5.41) is 4.10. The maximum Gasteiger partial charge on any atom is 0.123 e. The molecule has 1 N–H and O–H groups in total. The van der Waals surface area contributed by atoms with Gasteiger partial charge in [0.2, 0.25) is 0 Å². The maximum absolute atomic E-state index is 13.3. The molecule has 0 aliphatic carbocycles. The molecule has 20 heavy (non-hydrogen) atoms. The van der Waals surface area contributed by atoms with E-state index in [2.05, 4.69) is 21.2 Å². The zero-order chi connectivity index (χ0) is 14.7. The van der Waals surface area contributed by atoms with Gasteiger partial charge in [-0.1, -0.05) is 36.7 Å². The van der Waals surface area contributed by atoms with Crippen molar-refractivity contribution in [3.8, 4) is 0 Å². The Morgan fingerprint density at radius 2 is 2.00 bits per heavy atom. The van der Waals surface area contributed by atoms with E-state index < -0.39 is 0 Å². The van der Waals surface area contributed by atoms with E-state index >= 15 is 0 Å². The van der Waals surface area contributed by atoms with E-state index in [4.69, 9.17) is 11.6 Å². The fraction of sp³-hybridized carbons (Fsp3) is 0.250. The minimum atomic E-state index is -0.221. The lowest BCUT2D eigenvalue weighted by Gasteiger charge is -2.22. The molecule has 0 spiro atoms. The first-order chi connectivity index (χ1) is 9.54. The van der Waals surface area contributed by atoms with Crippen LogP contribution in [0.1, 0.15) is 29.7 Å². The molecule has 0 saturated heterocycles. The van der Waals surface area contributed by atoms with E-state index in [-0.39, 0.29) is 11.9 Å². The first-order valence-corrected chi connectivity index (χ1v) is 7.65. The average molecular weight is 357 g/mol. The van der Waals surface area contributed by atoms with E-state index in [1.54, 1.807) is 6.07 Å². The largest absolute Gasteiger partial charge is 0.306 e. The normalized spacial score (nSPS) is 12.4. The molecule has 4 heteroatoms. The van der Waals surface area contributed by atoms with Gasteiger partial charge in [-0.2, -0.15) is 0 Å². The van der Waals surface area contributed by atoms with Gasteiger partial charge >= 0.3 is 0 Å². The van der Waals surface area contributed by atoms with E-state index in [0.717, 1.165) is 27.7 Å². The predicted molar refractivity (Wildman–Crippen MR) is 85.8 cm³/mol. The van der Waals surface area contributed by atoms with Gasteiger partial charge in [-0.25, -0.2) is 4.39 Å². The molecule has 0 aliphatic rings. The fourth-order valence-electron chi connectivity index (χ4n) is 2.30. The molecule has 1 unspecified atom stereocenters. The molecule has 2 aromatic carbocycles. The van der Waals surface area contributed by atoms with Crippen molar-refractivity contribution in [1.29, 1.82) is 0 Å². The molecule has 1 nitrogen and oxygen atoms in total. The van der Waals surface area contributed by atoms with Crippen molar-refractivity contribution < 1.29 is 4.39 Å². The molecule has 0 bridgehead atoms. The Hall–Kier alpha value is -0.900. The second-order valence-corrected chi connectivity index (χ2v) is 5.87. The molecule has 0 amide bonds. The molecule has 0 heterocycles. The Kier molecular flexibility index (Phi) is 5.19. The third-order valence-electron chi connectivity index (χ3n) is 3.24. The number of nitrogens with one attached hydrogen (secondary N) is 1. The van der Waals surface area contributed by atoms with Gasteiger partial charge in [0.1, 0.15) is 5.82 Å². The summed E-state index contributed by atoms with van der Waals surface area (Å²) < 4.78 is 14.1. The Morgan fingerprint density at radius 3 is 2.65 bits per heavy atom. The maximum atomic E-state index is 13.3.